The molecular weight excluding hydrogens is 204 g/mol. The van der Waals surface area contributed by atoms with Gasteiger partial charge < -0.3 is 0 Å². The Morgan fingerprint density at radius 3 is 2.93 bits per heavy atom. The van der Waals surface area contributed by atoms with Gasteiger partial charge in [-0.3, -0.25) is 4.98 Å². The average Bonchev–Trinajstić information content (AvgIpc) is 2.77. The first-order valence-corrected chi connectivity index (χ1v) is 5.55. The molecule has 0 atom stereocenters. The number of fused-ring (bicyclic) bond motifs is 1. The number of aromatic nitrogens is 2. The molecule has 3 aromatic rings. The fourth-order valence-electron chi connectivity index (χ4n) is 1.57. The van der Waals surface area contributed by atoms with Gasteiger partial charge in [-0.05, 0) is 23.8 Å². The Morgan fingerprint density at radius 2 is 2.07 bits per heavy atom. The van der Waals surface area contributed by atoms with E-state index in [0.717, 1.165) is 11.1 Å². The summed E-state index contributed by atoms with van der Waals surface area (Å²) in [5, 5.41) is 0. The lowest BCUT2D eigenvalue weighted by molar-refractivity contribution is 1.33. The molecule has 3 rings (SSSR count). The van der Waals surface area contributed by atoms with Crippen LogP contribution < -0.4 is 0 Å². The van der Waals surface area contributed by atoms with Crippen LogP contribution in [0.3, 0.4) is 0 Å². The summed E-state index contributed by atoms with van der Waals surface area (Å²) in [6.45, 7) is 0. The third-order valence-electron chi connectivity index (χ3n) is 2.33. The highest BCUT2D eigenvalue weighted by molar-refractivity contribution is 7.16. The minimum atomic E-state index is 1.06. The lowest BCUT2D eigenvalue weighted by Gasteiger charge is -1.99. The fraction of sp³-hybridized carbons (Fsp3) is 0. The number of pyridine rings is 1. The van der Waals surface area contributed by atoms with Crippen LogP contribution in [-0.4, -0.2) is 9.97 Å². The van der Waals surface area contributed by atoms with Crippen molar-refractivity contribution in [1.29, 1.82) is 0 Å². The molecule has 15 heavy (non-hydrogen) atoms. The van der Waals surface area contributed by atoms with Crippen LogP contribution in [0.4, 0.5) is 0 Å². The van der Waals surface area contributed by atoms with Crippen LogP contribution in [0.25, 0.3) is 21.3 Å². The summed E-state index contributed by atoms with van der Waals surface area (Å²) < 4.78 is 1.22. The number of hydrogen-bond acceptors (Lipinski definition) is 3. The fourth-order valence-corrected chi connectivity index (χ4v) is 2.23. The van der Waals surface area contributed by atoms with Crippen molar-refractivity contribution in [2.45, 2.75) is 0 Å². The largest absolute Gasteiger partial charge is 0.264 e. The van der Waals surface area contributed by atoms with Gasteiger partial charge in [-0.15, -0.1) is 11.3 Å². The second-order valence-corrected chi connectivity index (χ2v) is 4.16. The molecule has 0 saturated carbocycles. The van der Waals surface area contributed by atoms with E-state index in [1.165, 1.54) is 10.3 Å². The van der Waals surface area contributed by atoms with Crippen molar-refractivity contribution in [3.63, 3.8) is 0 Å². The average molecular weight is 212 g/mol. The van der Waals surface area contributed by atoms with E-state index in [2.05, 4.69) is 34.2 Å². The van der Waals surface area contributed by atoms with Crippen molar-refractivity contribution < 1.29 is 0 Å². The molecule has 0 aliphatic heterocycles. The molecule has 2 aromatic heterocycles. The van der Waals surface area contributed by atoms with E-state index in [0.29, 0.717) is 0 Å². The topological polar surface area (TPSA) is 25.8 Å². The zero-order chi connectivity index (χ0) is 10.1. The number of nitrogens with zero attached hydrogens (tertiary/aromatic N) is 2. The molecule has 1 aromatic carbocycles. The molecule has 0 aliphatic carbocycles. The molecule has 0 aliphatic rings. The molecule has 0 N–H and O–H groups in total. The normalized spacial score (nSPS) is 10.7. The van der Waals surface area contributed by atoms with Gasteiger partial charge in [-0.25, -0.2) is 4.98 Å². The van der Waals surface area contributed by atoms with E-state index < -0.39 is 0 Å². The summed E-state index contributed by atoms with van der Waals surface area (Å²) in [5.41, 5.74) is 5.23. The van der Waals surface area contributed by atoms with Gasteiger partial charge >= 0.3 is 0 Å². The molecule has 0 radical (unpaired) electrons. The molecular formula is C12H8N2S. The van der Waals surface area contributed by atoms with Crippen LogP contribution in [0.1, 0.15) is 0 Å². The van der Waals surface area contributed by atoms with E-state index in [-0.39, 0.29) is 0 Å². The first-order chi connectivity index (χ1) is 7.43. The van der Waals surface area contributed by atoms with E-state index in [1.54, 1.807) is 17.5 Å². The number of rotatable bonds is 1. The Balaban J connectivity index is 2.19. The van der Waals surface area contributed by atoms with Crippen LogP contribution in [0.15, 0.2) is 48.2 Å². The van der Waals surface area contributed by atoms with E-state index in [4.69, 9.17) is 0 Å². The van der Waals surface area contributed by atoms with Crippen molar-refractivity contribution in [2.75, 3.05) is 0 Å². The standard InChI is InChI=1S/C12H8N2S/c1-2-10(7-13-5-1)9-3-4-12-11(6-9)14-8-15-12/h1-8H. The third-order valence-corrected chi connectivity index (χ3v) is 3.14. The summed E-state index contributed by atoms with van der Waals surface area (Å²) in [5.74, 6) is 0. The van der Waals surface area contributed by atoms with Gasteiger partial charge in [0.05, 0.1) is 15.7 Å². The van der Waals surface area contributed by atoms with Crippen LogP contribution in [0, 0.1) is 0 Å². The van der Waals surface area contributed by atoms with Crippen molar-refractivity contribution >= 4 is 21.6 Å². The highest BCUT2D eigenvalue weighted by Crippen LogP contribution is 2.24. The van der Waals surface area contributed by atoms with Crippen molar-refractivity contribution in [3.8, 4) is 11.1 Å². The monoisotopic (exact) mass is 212 g/mol. The van der Waals surface area contributed by atoms with Gasteiger partial charge in [0.15, 0.2) is 0 Å². The summed E-state index contributed by atoms with van der Waals surface area (Å²) in [7, 11) is 0. The SMILES string of the molecule is c1cncc(-c2ccc3scnc3c2)c1. The molecule has 2 heterocycles. The Morgan fingerprint density at radius 1 is 1.07 bits per heavy atom. The molecule has 0 saturated heterocycles. The first-order valence-electron chi connectivity index (χ1n) is 4.67. The van der Waals surface area contributed by atoms with Crippen LogP contribution in [0.5, 0.6) is 0 Å². The minimum absolute atomic E-state index is 1.06. The zero-order valence-electron chi connectivity index (χ0n) is 7.92. The van der Waals surface area contributed by atoms with Gasteiger partial charge in [0.1, 0.15) is 0 Å². The minimum Gasteiger partial charge on any atom is -0.264 e. The van der Waals surface area contributed by atoms with Crippen LogP contribution >= 0.6 is 11.3 Å². The van der Waals surface area contributed by atoms with E-state index >= 15 is 0 Å². The molecule has 0 unspecified atom stereocenters. The Labute approximate surface area is 91.2 Å². The van der Waals surface area contributed by atoms with Crippen LogP contribution in [-0.2, 0) is 0 Å². The summed E-state index contributed by atoms with van der Waals surface area (Å²) in [4.78, 5) is 8.41. The Hall–Kier alpha value is -1.74. The highest BCUT2D eigenvalue weighted by Gasteiger charge is 2.00. The van der Waals surface area contributed by atoms with Crippen molar-refractivity contribution in [2.24, 2.45) is 0 Å². The predicted molar refractivity (Wildman–Crippen MR) is 62.9 cm³/mol. The molecule has 72 valence electrons. The van der Waals surface area contributed by atoms with Gasteiger partial charge in [0, 0.05) is 18.0 Å². The third kappa shape index (κ3) is 1.51. The Bertz CT molecular complexity index is 587. The lowest BCUT2D eigenvalue weighted by atomic mass is 10.1. The van der Waals surface area contributed by atoms with Gasteiger partial charge in [-0.2, -0.15) is 0 Å². The second kappa shape index (κ2) is 3.44. The number of hydrogen-bond donors (Lipinski definition) is 0. The maximum atomic E-state index is 4.30. The zero-order valence-corrected chi connectivity index (χ0v) is 8.74. The first kappa shape index (κ1) is 8.56. The Kier molecular flexibility index (Phi) is 1.96. The maximum Gasteiger partial charge on any atom is 0.0818 e. The second-order valence-electron chi connectivity index (χ2n) is 3.28. The molecule has 0 bridgehead atoms. The summed E-state index contributed by atoms with van der Waals surface area (Å²) in [6, 6.07) is 10.3. The molecule has 2 nitrogen and oxygen atoms in total. The summed E-state index contributed by atoms with van der Waals surface area (Å²) in [6.07, 6.45) is 3.65. The molecule has 0 amide bonds. The van der Waals surface area contributed by atoms with E-state index in [1.807, 2.05) is 17.8 Å². The predicted octanol–water partition coefficient (Wildman–Crippen LogP) is 3.36. The highest BCUT2D eigenvalue weighted by atomic mass is 32.1. The van der Waals surface area contributed by atoms with Gasteiger partial charge in [0.25, 0.3) is 0 Å². The molecule has 0 spiro atoms. The number of thiazole rings is 1. The molecule has 0 fully saturated rings. The van der Waals surface area contributed by atoms with Gasteiger partial charge in [0.2, 0.25) is 0 Å². The van der Waals surface area contributed by atoms with Crippen LogP contribution in [0.2, 0.25) is 0 Å². The molecule has 3 heteroatoms. The van der Waals surface area contributed by atoms with Crippen molar-refractivity contribution in [1.82, 2.24) is 9.97 Å². The smallest absolute Gasteiger partial charge is 0.0818 e. The lowest BCUT2D eigenvalue weighted by Crippen LogP contribution is -1.78. The van der Waals surface area contributed by atoms with Crippen molar-refractivity contribution in [3.05, 3.63) is 48.2 Å². The number of benzene rings is 1. The van der Waals surface area contributed by atoms with Gasteiger partial charge in [-0.1, -0.05) is 12.1 Å². The quantitative estimate of drug-likeness (QED) is 0.618. The maximum absolute atomic E-state index is 4.30. The van der Waals surface area contributed by atoms with E-state index in [9.17, 15) is 0 Å². The summed E-state index contributed by atoms with van der Waals surface area (Å²) >= 11 is 1.66.